The van der Waals surface area contributed by atoms with E-state index in [4.69, 9.17) is 16.1 Å². The maximum Gasteiger partial charge on any atom is 0.238 e. The molecule has 0 amide bonds. The third kappa shape index (κ3) is 3.44. The highest BCUT2D eigenvalue weighted by Crippen LogP contribution is 2.15. The quantitative estimate of drug-likeness (QED) is 0.869. The van der Waals surface area contributed by atoms with Crippen molar-refractivity contribution >= 4 is 27.3 Å². The number of aryl methyl sites for hydroxylation is 1. The van der Waals surface area contributed by atoms with Crippen LogP contribution in [0.2, 0.25) is 5.15 Å². The van der Waals surface area contributed by atoms with Gasteiger partial charge in [-0.2, -0.15) is 0 Å². The molecule has 0 aliphatic rings. The lowest BCUT2D eigenvalue weighted by atomic mass is 10.4. The third-order valence-electron chi connectivity index (χ3n) is 2.01. The first kappa shape index (κ1) is 12.8. The monoisotopic (exact) mass is 287 g/mol. The second-order valence-corrected chi connectivity index (χ2v) is 5.77. The minimum atomic E-state index is -3.55. The molecule has 0 bridgehead atoms. The van der Waals surface area contributed by atoms with Crippen LogP contribution in [0.25, 0.3) is 0 Å². The van der Waals surface area contributed by atoms with Crippen LogP contribution in [0.5, 0.6) is 0 Å². The Bertz CT molecular complexity index is 654. The van der Waals surface area contributed by atoms with E-state index in [0.29, 0.717) is 17.1 Å². The van der Waals surface area contributed by atoms with Gasteiger partial charge >= 0.3 is 0 Å². The molecule has 2 heterocycles. The number of nitrogens with one attached hydrogen (secondary N) is 1. The molecule has 2 rings (SSSR count). The topological polar surface area (TPSA) is 85.1 Å². The van der Waals surface area contributed by atoms with E-state index in [9.17, 15) is 8.42 Å². The van der Waals surface area contributed by atoms with Crippen LogP contribution in [0.4, 0.5) is 5.69 Å². The Kier molecular flexibility index (Phi) is 3.53. The van der Waals surface area contributed by atoms with E-state index in [1.165, 1.54) is 18.3 Å². The van der Waals surface area contributed by atoms with Crippen LogP contribution in [0.15, 0.2) is 28.9 Å². The summed E-state index contributed by atoms with van der Waals surface area (Å²) in [5.74, 6) is 0.303. The van der Waals surface area contributed by atoms with Crippen molar-refractivity contribution in [1.82, 2.24) is 10.1 Å². The molecule has 2 aromatic heterocycles. The Morgan fingerprint density at radius 1 is 1.44 bits per heavy atom. The number of halogens is 1. The highest BCUT2D eigenvalue weighted by Gasteiger charge is 2.14. The number of rotatable bonds is 4. The summed E-state index contributed by atoms with van der Waals surface area (Å²) >= 11 is 5.66. The third-order valence-corrected chi connectivity index (χ3v) is 3.44. The fourth-order valence-electron chi connectivity index (χ4n) is 1.36. The molecule has 0 unspecified atom stereocenters. The number of nitrogens with zero attached hydrogens (tertiary/aromatic N) is 2. The van der Waals surface area contributed by atoms with Crippen molar-refractivity contribution in [2.24, 2.45) is 0 Å². The lowest BCUT2D eigenvalue weighted by Gasteiger charge is -2.06. The molecule has 1 N–H and O–H groups in total. The van der Waals surface area contributed by atoms with Gasteiger partial charge in [-0.1, -0.05) is 16.8 Å². The van der Waals surface area contributed by atoms with Crippen molar-refractivity contribution in [2.75, 3.05) is 4.72 Å². The number of hydrogen-bond donors (Lipinski definition) is 1. The summed E-state index contributed by atoms with van der Waals surface area (Å²) < 4.78 is 30.9. The Balaban J connectivity index is 2.12. The van der Waals surface area contributed by atoms with Crippen LogP contribution in [0, 0.1) is 6.92 Å². The summed E-state index contributed by atoms with van der Waals surface area (Å²) in [6.45, 7) is 1.69. The Hall–Kier alpha value is -1.60. The summed E-state index contributed by atoms with van der Waals surface area (Å²) in [4.78, 5) is 3.76. The standard InChI is InChI=1S/C10H10ClN3O3S/c1-7-4-9(13-17-7)6-18(15,16)14-8-2-3-12-10(11)5-8/h2-5H,6H2,1H3,(H,12,14). The van der Waals surface area contributed by atoms with Gasteiger partial charge in [-0.3, -0.25) is 4.72 Å². The largest absolute Gasteiger partial charge is 0.361 e. The van der Waals surface area contributed by atoms with Gasteiger partial charge in [-0.15, -0.1) is 0 Å². The molecule has 0 aliphatic heterocycles. The van der Waals surface area contributed by atoms with Gasteiger partial charge in [0.15, 0.2) is 0 Å². The first-order chi connectivity index (χ1) is 8.44. The number of aromatic nitrogens is 2. The molecule has 8 heteroatoms. The van der Waals surface area contributed by atoms with Gasteiger partial charge in [0.1, 0.15) is 22.4 Å². The average Bonchev–Trinajstić information content (AvgIpc) is 2.62. The molecule has 18 heavy (non-hydrogen) atoms. The molecule has 0 aliphatic carbocycles. The highest BCUT2D eigenvalue weighted by molar-refractivity contribution is 7.91. The molecule has 0 aromatic carbocycles. The Labute approximate surface area is 109 Å². The van der Waals surface area contributed by atoms with Crippen molar-refractivity contribution in [1.29, 1.82) is 0 Å². The fourth-order valence-corrected chi connectivity index (χ4v) is 2.62. The summed E-state index contributed by atoms with van der Waals surface area (Å²) in [6.07, 6.45) is 1.42. The second-order valence-electron chi connectivity index (χ2n) is 3.66. The average molecular weight is 288 g/mol. The number of sulfonamides is 1. The van der Waals surface area contributed by atoms with Crippen molar-refractivity contribution in [3.05, 3.63) is 41.0 Å². The predicted molar refractivity (Wildman–Crippen MR) is 66.7 cm³/mol. The number of pyridine rings is 1. The van der Waals surface area contributed by atoms with E-state index in [1.807, 2.05) is 0 Å². The highest BCUT2D eigenvalue weighted by atomic mass is 35.5. The van der Waals surface area contributed by atoms with Crippen molar-refractivity contribution < 1.29 is 12.9 Å². The lowest BCUT2D eigenvalue weighted by molar-refractivity contribution is 0.392. The summed E-state index contributed by atoms with van der Waals surface area (Å²) in [5, 5.41) is 3.84. The van der Waals surface area contributed by atoms with Crippen LogP contribution >= 0.6 is 11.6 Å². The van der Waals surface area contributed by atoms with E-state index in [1.54, 1.807) is 13.0 Å². The van der Waals surface area contributed by atoms with Gasteiger partial charge in [-0.05, 0) is 19.1 Å². The Morgan fingerprint density at radius 3 is 2.83 bits per heavy atom. The molecule has 0 fully saturated rings. The van der Waals surface area contributed by atoms with Crippen LogP contribution in [-0.4, -0.2) is 18.6 Å². The molecule has 0 saturated carbocycles. The molecule has 6 nitrogen and oxygen atoms in total. The summed E-state index contributed by atoms with van der Waals surface area (Å²) in [5.41, 5.74) is 0.704. The molecule has 0 atom stereocenters. The van der Waals surface area contributed by atoms with Gasteiger partial charge in [0.25, 0.3) is 0 Å². The van der Waals surface area contributed by atoms with Crippen molar-refractivity contribution in [3.8, 4) is 0 Å². The van der Waals surface area contributed by atoms with Gasteiger partial charge in [0.2, 0.25) is 10.0 Å². The zero-order valence-electron chi connectivity index (χ0n) is 9.42. The zero-order chi connectivity index (χ0) is 13.2. The van der Waals surface area contributed by atoms with E-state index < -0.39 is 10.0 Å². The van der Waals surface area contributed by atoms with Crippen LogP contribution in [0.3, 0.4) is 0 Å². The Morgan fingerprint density at radius 2 is 2.22 bits per heavy atom. The normalized spacial score (nSPS) is 11.4. The molecular formula is C10H10ClN3O3S. The minimum Gasteiger partial charge on any atom is -0.361 e. The van der Waals surface area contributed by atoms with Crippen LogP contribution < -0.4 is 4.72 Å². The van der Waals surface area contributed by atoms with E-state index in [-0.39, 0.29) is 10.9 Å². The minimum absolute atomic E-state index is 0.215. The maximum atomic E-state index is 11.8. The molecule has 0 spiro atoms. The van der Waals surface area contributed by atoms with E-state index >= 15 is 0 Å². The second kappa shape index (κ2) is 4.95. The van der Waals surface area contributed by atoms with Gasteiger partial charge < -0.3 is 4.52 Å². The molecule has 0 radical (unpaired) electrons. The fraction of sp³-hybridized carbons (Fsp3) is 0.200. The summed E-state index contributed by atoms with van der Waals surface area (Å²) in [6, 6.07) is 4.50. The van der Waals surface area contributed by atoms with Gasteiger partial charge in [-0.25, -0.2) is 13.4 Å². The molecule has 2 aromatic rings. The van der Waals surface area contributed by atoms with Crippen molar-refractivity contribution in [3.63, 3.8) is 0 Å². The van der Waals surface area contributed by atoms with E-state index in [0.717, 1.165) is 0 Å². The summed E-state index contributed by atoms with van der Waals surface area (Å²) in [7, 11) is -3.55. The van der Waals surface area contributed by atoms with E-state index in [2.05, 4.69) is 14.9 Å². The number of anilines is 1. The van der Waals surface area contributed by atoms with Crippen LogP contribution in [0.1, 0.15) is 11.5 Å². The molecule has 96 valence electrons. The molecular weight excluding hydrogens is 278 g/mol. The molecule has 0 saturated heterocycles. The first-order valence-electron chi connectivity index (χ1n) is 4.99. The SMILES string of the molecule is Cc1cc(CS(=O)(=O)Nc2ccnc(Cl)c2)no1. The van der Waals surface area contributed by atoms with Crippen LogP contribution in [-0.2, 0) is 15.8 Å². The van der Waals surface area contributed by atoms with Gasteiger partial charge in [0.05, 0.1) is 5.69 Å². The smallest absolute Gasteiger partial charge is 0.238 e. The van der Waals surface area contributed by atoms with Gasteiger partial charge in [0, 0.05) is 12.3 Å². The maximum absolute atomic E-state index is 11.8. The lowest BCUT2D eigenvalue weighted by Crippen LogP contribution is -2.15. The number of hydrogen-bond acceptors (Lipinski definition) is 5. The first-order valence-corrected chi connectivity index (χ1v) is 7.02. The zero-order valence-corrected chi connectivity index (χ0v) is 11.0. The van der Waals surface area contributed by atoms with Crippen molar-refractivity contribution in [2.45, 2.75) is 12.7 Å². The predicted octanol–water partition coefficient (Wildman–Crippen LogP) is 1.97.